The first-order chi connectivity index (χ1) is 12.5. The fourth-order valence-electron chi connectivity index (χ4n) is 4.19. The van der Waals surface area contributed by atoms with Crippen molar-refractivity contribution in [1.29, 1.82) is 0 Å². The van der Waals surface area contributed by atoms with Crippen molar-refractivity contribution in [3.05, 3.63) is 47.3 Å². The summed E-state index contributed by atoms with van der Waals surface area (Å²) in [6.07, 6.45) is 2.61. The van der Waals surface area contributed by atoms with Crippen molar-refractivity contribution in [3.8, 4) is 0 Å². The molecule has 0 radical (unpaired) electrons. The van der Waals surface area contributed by atoms with Crippen LogP contribution in [0.25, 0.3) is 0 Å². The highest BCUT2D eigenvalue weighted by Gasteiger charge is 2.61. The Kier molecular flexibility index (Phi) is 5.23. The van der Waals surface area contributed by atoms with Gasteiger partial charge < -0.3 is 4.90 Å². The maximum atomic E-state index is 13.4. The zero-order valence-corrected chi connectivity index (χ0v) is 17.2. The summed E-state index contributed by atoms with van der Waals surface area (Å²) < 4.78 is 37.2. The molecular weight excluding hydrogens is 365 g/mol. The topological polar surface area (TPSA) is 54.5 Å². The maximum absolute atomic E-state index is 13.4. The van der Waals surface area contributed by atoms with E-state index in [1.807, 2.05) is 13.8 Å². The summed E-state index contributed by atoms with van der Waals surface area (Å²) in [7, 11) is -3.11. The van der Waals surface area contributed by atoms with Crippen LogP contribution in [0.3, 0.4) is 0 Å². The first-order valence-electron chi connectivity index (χ1n) is 9.41. The molecule has 0 spiro atoms. The molecule has 1 aromatic carbocycles. The summed E-state index contributed by atoms with van der Waals surface area (Å²) in [5.74, 6) is -0.155. The fraction of sp³-hybridized carbons (Fsp3) is 0.571. The van der Waals surface area contributed by atoms with E-state index in [0.29, 0.717) is 13.0 Å². The Morgan fingerprint density at radius 2 is 1.89 bits per heavy atom. The Bertz CT molecular complexity index is 854. The third-order valence-corrected chi connectivity index (χ3v) is 7.64. The number of carbonyl (C=O) groups excluding carboxylic acids is 1. The van der Waals surface area contributed by atoms with Gasteiger partial charge in [-0.15, -0.1) is 0 Å². The third kappa shape index (κ3) is 4.26. The molecule has 1 aliphatic heterocycles. The molecule has 2 fully saturated rings. The monoisotopic (exact) mass is 393 g/mol. The Balaban J connectivity index is 1.86. The summed E-state index contributed by atoms with van der Waals surface area (Å²) in [4.78, 5) is 15.1. The fourth-order valence-corrected chi connectivity index (χ4v) is 5.92. The van der Waals surface area contributed by atoms with Gasteiger partial charge in [-0.25, -0.2) is 12.8 Å². The molecule has 0 bridgehead atoms. The second-order valence-electron chi connectivity index (χ2n) is 8.72. The van der Waals surface area contributed by atoms with Crippen LogP contribution >= 0.6 is 0 Å². The van der Waals surface area contributed by atoms with E-state index in [9.17, 15) is 17.6 Å². The summed E-state index contributed by atoms with van der Waals surface area (Å²) in [6.45, 7) is 8.53. The van der Waals surface area contributed by atoms with Crippen molar-refractivity contribution in [3.63, 3.8) is 0 Å². The highest BCUT2D eigenvalue weighted by atomic mass is 32.2. The number of hydrogen-bond acceptors (Lipinski definition) is 3. The normalized spacial score (nSPS) is 27.8. The summed E-state index contributed by atoms with van der Waals surface area (Å²) in [5.41, 5.74) is 1.86. The van der Waals surface area contributed by atoms with Gasteiger partial charge in [-0.2, -0.15) is 0 Å². The number of allylic oxidation sites excluding steroid dienone is 2. The first kappa shape index (κ1) is 20.1. The van der Waals surface area contributed by atoms with Gasteiger partial charge in [0.05, 0.1) is 17.4 Å². The minimum Gasteiger partial charge on any atom is -0.334 e. The predicted octanol–water partition coefficient (Wildman–Crippen LogP) is 3.58. The molecule has 0 aromatic heterocycles. The summed E-state index contributed by atoms with van der Waals surface area (Å²) >= 11 is 0. The highest BCUT2D eigenvalue weighted by Crippen LogP contribution is 2.60. The Hall–Kier alpha value is -1.69. The van der Waals surface area contributed by atoms with Gasteiger partial charge >= 0.3 is 0 Å². The number of carbonyl (C=O) groups is 1. The standard InChI is InChI=1S/C21H28FNO3S/c1-14(2)11-18-19(21(18,3)4)20(24)23(17-9-10-27(25,26)13-17)12-15-5-7-16(22)8-6-15/h5-8,11,17-19H,9-10,12-13H2,1-4H3/t17-,18+,19-/m1/s1. The van der Waals surface area contributed by atoms with E-state index < -0.39 is 9.84 Å². The summed E-state index contributed by atoms with van der Waals surface area (Å²) in [5, 5.41) is 0. The average molecular weight is 394 g/mol. The number of nitrogens with zero attached hydrogens (tertiary/aromatic N) is 1. The van der Waals surface area contributed by atoms with Gasteiger partial charge in [-0.05, 0) is 49.3 Å². The lowest BCUT2D eigenvalue weighted by molar-refractivity contribution is -0.136. The molecule has 0 unspecified atom stereocenters. The number of rotatable bonds is 5. The van der Waals surface area contributed by atoms with E-state index in [1.165, 1.54) is 17.7 Å². The van der Waals surface area contributed by atoms with Crippen LogP contribution in [0, 0.1) is 23.1 Å². The molecule has 3 atom stereocenters. The molecule has 1 amide bonds. The SMILES string of the molecule is CC(C)=C[C@H]1[C@H](C(=O)N(Cc2ccc(F)cc2)[C@@H]2CCS(=O)(=O)C2)C1(C)C. The number of hydrogen-bond donors (Lipinski definition) is 0. The molecular formula is C21H28FNO3S. The maximum Gasteiger partial charge on any atom is 0.227 e. The van der Waals surface area contributed by atoms with Crippen molar-refractivity contribution >= 4 is 15.7 Å². The Labute approximate surface area is 161 Å². The predicted molar refractivity (Wildman–Crippen MR) is 104 cm³/mol. The number of amides is 1. The first-order valence-corrected chi connectivity index (χ1v) is 11.2. The number of benzene rings is 1. The highest BCUT2D eigenvalue weighted by molar-refractivity contribution is 7.91. The summed E-state index contributed by atoms with van der Waals surface area (Å²) in [6, 6.07) is 5.75. The lowest BCUT2D eigenvalue weighted by Gasteiger charge is -2.29. The second-order valence-corrected chi connectivity index (χ2v) is 10.9. The zero-order valence-electron chi connectivity index (χ0n) is 16.4. The van der Waals surface area contributed by atoms with Crippen LogP contribution in [-0.4, -0.2) is 36.8 Å². The second kappa shape index (κ2) is 7.04. The van der Waals surface area contributed by atoms with E-state index in [0.717, 1.165) is 5.56 Å². The van der Waals surface area contributed by atoms with Crippen LogP contribution in [0.1, 0.15) is 39.7 Å². The minimum atomic E-state index is -3.11. The van der Waals surface area contributed by atoms with Gasteiger partial charge in [-0.3, -0.25) is 4.79 Å². The van der Waals surface area contributed by atoms with Gasteiger partial charge in [0, 0.05) is 12.6 Å². The molecule has 2 aliphatic rings. The molecule has 6 heteroatoms. The average Bonchev–Trinajstić information content (AvgIpc) is 2.90. The molecule has 4 nitrogen and oxygen atoms in total. The third-order valence-electron chi connectivity index (χ3n) is 5.89. The van der Waals surface area contributed by atoms with Crippen molar-refractivity contribution in [2.45, 2.75) is 46.7 Å². The molecule has 1 aliphatic carbocycles. The van der Waals surface area contributed by atoms with E-state index >= 15 is 0 Å². The van der Waals surface area contributed by atoms with Crippen molar-refractivity contribution < 1.29 is 17.6 Å². The van der Waals surface area contributed by atoms with E-state index in [-0.39, 0.29) is 46.5 Å². The number of sulfone groups is 1. The van der Waals surface area contributed by atoms with Crippen molar-refractivity contribution in [2.24, 2.45) is 17.3 Å². The lowest BCUT2D eigenvalue weighted by Crippen LogP contribution is -2.42. The van der Waals surface area contributed by atoms with Gasteiger partial charge in [0.25, 0.3) is 0 Å². The molecule has 1 saturated carbocycles. The molecule has 3 rings (SSSR count). The minimum absolute atomic E-state index is 0.00826. The quantitative estimate of drug-likeness (QED) is 0.719. The molecule has 27 heavy (non-hydrogen) atoms. The van der Waals surface area contributed by atoms with Crippen LogP contribution in [0.4, 0.5) is 4.39 Å². The Morgan fingerprint density at radius 3 is 2.41 bits per heavy atom. The Morgan fingerprint density at radius 1 is 1.26 bits per heavy atom. The van der Waals surface area contributed by atoms with Crippen LogP contribution in [0.15, 0.2) is 35.9 Å². The van der Waals surface area contributed by atoms with Crippen molar-refractivity contribution in [1.82, 2.24) is 4.90 Å². The molecule has 1 aromatic rings. The van der Waals surface area contributed by atoms with E-state index in [4.69, 9.17) is 0 Å². The smallest absolute Gasteiger partial charge is 0.227 e. The molecule has 0 N–H and O–H groups in total. The largest absolute Gasteiger partial charge is 0.334 e. The van der Waals surface area contributed by atoms with Crippen molar-refractivity contribution in [2.75, 3.05) is 11.5 Å². The van der Waals surface area contributed by atoms with Gasteiger partial charge in [-0.1, -0.05) is 37.6 Å². The van der Waals surface area contributed by atoms with Crippen LogP contribution in [-0.2, 0) is 21.2 Å². The number of halogens is 1. The lowest BCUT2D eigenvalue weighted by atomic mass is 10.1. The van der Waals surface area contributed by atoms with Gasteiger partial charge in [0.1, 0.15) is 5.82 Å². The van der Waals surface area contributed by atoms with Gasteiger partial charge in [0.2, 0.25) is 5.91 Å². The zero-order chi connectivity index (χ0) is 20.0. The molecule has 148 valence electrons. The van der Waals surface area contributed by atoms with Crippen LogP contribution in [0.2, 0.25) is 0 Å². The van der Waals surface area contributed by atoms with E-state index in [1.54, 1.807) is 17.0 Å². The van der Waals surface area contributed by atoms with Crippen LogP contribution in [0.5, 0.6) is 0 Å². The van der Waals surface area contributed by atoms with Crippen LogP contribution < -0.4 is 0 Å². The molecule has 1 saturated heterocycles. The van der Waals surface area contributed by atoms with Gasteiger partial charge in [0.15, 0.2) is 9.84 Å². The van der Waals surface area contributed by atoms with E-state index in [2.05, 4.69) is 19.9 Å². The molecule has 1 heterocycles.